The van der Waals surface area contributed by atoms with Crippen LogP contribution in [0.1, 0.15) is 40.5 Å². The lowest BCUT2D eigenvalue weighted by atomic mass is 10.2. The predicted octanol–water partition coefficient (Wildman–Crippen LogP) is 7.32. The average molecular weight is 394 g/mol. The molecule has 24 heavy (non-hydrogen) atoms. The molecule has 0 atom stereocenters. The van der Waals surface area contributed by atoms with Gasteiger partial charge in [-0.25, -0.2) is 0 Å². The van der Waals surface area contributed by atoms with Crippen LogP contribution in [0.15, 0.2) is 35.9 Å². The Morgan fingerprint density at radius 3 is 2.17 bits per heavy atom. The molecule has 0 radical (unpaired) electrons. The molecule has 1 aromatic rings. The van der Waals surface area contributed by atoms with Crippen molar-refractivity contribution in [2.75, 3.05) is 19.1 Å². The molecule has 0 fully saturated rings. The van der Waals surface area contributed by atoms with Crippen LogP contribution in [0.4, 0.5) is 0 Å². The molecule has 5 heteroatoms. The summed E-state index contributed by atoms with van der Waals surface area (Å²) in [4.78, 5) is 0. The van der Waals surface area contributed by atoms with Crippen molar-refractivity contribution >= 4 is 34.8 Å². The van der Waals surface area contributed by atoms with Crippen LogP contribution in [-0.4, -0.2) is 19.1 Å². The van der Waals surface area contributed by atoms with Crippen LogP contribution in [0.5, 0.6) is 11.5 Å². The second-order valence-corrected chi connectivity index (χ2v) is 5.81. The Balaban J connectivity index is 0.00000254. The van der Waals surface area contributed by atoms with E-state index in [9.17, 15) is 0 Å². The minimum atomic E-state index is 0.446. The largest absolute Gasteiger partial charge is 0.490 e. The monoisotopic (exact) mass is 392 g/mol. The van der Waals surface area contributed by atoms with Crippen molar-refractivity contribution in [3.05, 3.63) is 46.0 Å². The van der Waals surface area contributed by atoms with Gasteiger partial charge in [0, 0.05) is 18.0 Å². The Morgan fingerprint density at radius 2 is 1.67 bits per heavy atom. The van der Waals surface area contributed by atoms with Crippen molar-refractivity contribution in [1.82, 2.24) is 0 Å². The molecule has 0 aliphatic rings. The van der Waals surface area contributed by atoms with Crippen molar-refractivity contribution in [2.24, 2.45) is 0 Å². The van der Waals surface area contributed by atoms with Crippen LogP contribution in [0.2, 0.25) is 10.0 Å². The zero-order valence-electron chi connectivity index (χ0n) is 14.9. The molecule has 1 aromatic carbocycles. The summed E-state index contributed by atoms with van der Waals surface area (Å²) in [5, 5.41) is 0.892. The van der Waals surface area contributed by atoms with E-state index in [4.69, 9.17) is 44.3 Å². The number of ether oxygens (including phenoxy) is 2. The molecule has 0 aromatic heterocycles. The summed E-state index contributed by atoms with van der Waals surface area (Å²) in [6.07, 6.45) is 7.73. The van der Waals surface area contributed by atoms with Crippen molar-refractivity contribution in [3.8, 4) is 11.5 Å². The zero-order chi connectivity index (χ0) is 18.4. The van der Waals surface area contributed by atoms with Crippen LogP contribution in [0, 0.1) is 0 Å². The lowest BCUT2D eigenvalue weighted by molar-refractivity contribution is 0.308. The summed E-state index contributed by atoms with van der Waals surface area (Å²) in [5.41, 5.74) is 1.08. The highest BCUT2D eigenvalue weighted by Gasteiger charge is 2.10. The standard InChI is InChI=1S/C17H21Cl3O2.C2H6/c1-3-7-13(4-2)12-22-14-10-15(19)17(16(20)11-14)21-9-6-5-8-18;1-2/h3-4,7,10-11H,5-6,8-9,12H2,1-2H3;1-2H3/b7-3-,13-4+;. The molecule has 2 nitrogen and oxygen atoms in total. The summed E-state index contributed by atoms with van der Waals surface area (Å²) in [5.74, 6) is 1.73. The second kappa shape index (κ2) is 14.5. The van der Waals surface area contributed by atoms with Gasteiger partial charge in [0.1, 0.15) is 12.4 Å². The first-order valence-corrected chi connectivity index (χ1v) is 9.49. The van der Waals surface area contributed by atoms with Gasteiger partial charge in [0.15, 0.2) is 5.75 Å². The predicted molar refractivity (Wildman–Crippen MR) is 107 cm³/mol. The topological polar surface area (TPSA) is 18.5 Å². The molecule has 0 saturated heterocycles. The number of hydrogen-bond acceptors (Lipinski definition) is 2. The third-order valence-electron chi connectivity index (χ3n) is 2.90. The normalized spacial score (nSPS) is 11.2. The Morgan fingerprint density at radius 1 is 1.04 bits per heavy atom. The first-order valence-electron chi connectivity index (χ1n) is 8.20. The van der Waals surface area contributed by atoms with Gasteiger partial charge in [-0.15, -0.1) is 11.6 Å². The molecular weight excluding hydrogens is 367 g/mol. The highest BCUT2D eigenvalue weighted by Crippen LogP contribution is 2.37. The van der Waals surface area contributed by atoms with Crippen molar-refractivity contribution in [3.63, 3.8) is 0 Å². The Kier molecular flexibility index (Phi) is 14.0. The fraction of sp³-hybridized carbons (Fsp3) is 0.474. The second-order valence-electron chi connectivity index (χ2n) is 4.61. The van der Waals surface area contributed by atoms with Crippen LogP contribution in [-0.2, 0) is 0 Å². The maximum Gasteiger partial charge on any atom is 0.156 e. The van der Waals surface area contributed by atoms with E-state index in [2.05, 4.69) is 0 Å². The highest BCUT2D eigenvalue weighted by atomic mass is 35.5. The molecule has 0 aliphatic carbocycles. The van der Waals surface area contributed by atoms with E-state index in [1.807, 2.05) is 45.9 Å². The van der Waals surface area contributed by atoms with Crippen LogP contribution in [0.3, 0.4) is 0 Å². The minimum absolute atomic E-state index is 0.446. The SMILES string of the molecule is C/C=C\C(=C/C)COc1cc(Cl)c(OCCCCCl)c(Cl)c1.CC. The van der Waals surface area contributed by atoms with Gasteiger partial charge in [-0.1, -0.05) is 55.3 Å². The first-order chi connectivity index (χ1) is 11.6. The third kappa shape index (κ3) is 8.86. The van der Waals surface area contributed by atoms with Crippen molar-refractivity contribution < 1.29 is 9.47 Å². The molecule has 0 aliphatic heterocycles. The van der Waals surface area contributed by atoms with Gasteiger partial charge in [-0.3, -0.25) is 0 Å². The number of unbranched alkanes of at least 4 members (excludes halogenated alkanes) is 1. The van der Waals surface area contributed by atoms with E-state index in [0.29, 0.717) is 40.6 Å². The van der Waals surface area contributed by atoms with Gasteiger partial charge in [0.25, 0.3) is 0 Å². The molecule has 0 unspecified atom stereocenters. The highest BCUT2D eigenvalue weighted by molar-refractivity contribution is 6.37. The smallest absolute Gasteiger partial charge is 0.156 e. The average Bonchev–Trinajstić information content (AvgIpc) is 2.59. The van der Waals surface area contributed by atoms with E-state index in [0.717, 1.165) is 18.4 Å². The maximum atomic E-state index is 6.21. The molecule has 136 valence electrons. The fourth-order valence-corrected chi connectivity index (χ4v) is 2.50. The van der Waals surface area contributed by atoms with E-state index >= 15 is 0 Å². The van der Waals surface area contributed by atoms with Crippen molar-refractivity contribution in [1.29, 1.82) is 0 Å². The minimum Gasteiger partial charge on any atom is -0.490 e. The lowest BCUT2D eigenvalue weighted by Crippen LogP contribution is -2.01. The number of benzene rings is 1. The summed E-state index contributed by atoms with van der Waals surface area (Å²) < 4.78 is 11.3. The quantitative estimate of drug-likeness (QED) is 0.248. The maximum absolute atomic E-state index is 6.21. The number of rotatable bonds is 9. The lowest BCUT2D eigenvalue weighted by Gasteiger charge is -2.13. The molecule has 0 saturated carbocycles. The number of hydrogen-bond donors (Lipinski definition) is 0. The Labute approximate surface area is 161 Å². The molecule has 0 heterocycles. The van der Waals surface area contributed by atoms with Gasteiger partial charge in [0.05, 0.1) is 16.7 Å². The molecule has 1 rings (SSSR count). The summed E-state index contributed by atoms with van der Waals surface area (Å²) >= 11 is 18.1. The van der Waals surface area contributed by atoms with Crippen LogP contribution < -0.4 is 9.47 Å². The Hall–Kier alpha value is -0.830. The van der Waals surface area contributed by atoms with E-state index in [-0.39, 0.29) is 0 Å². The first kappa shape index (κ1) is 23.2. The van der Waals surface area contributed by atoms with E-state index < -0.39 is 0 Å². The summed E-state index contributed by atoms with van der Waals surface area (Å²) in [6.45, 7) is 8.93. The fourth-order valence-electron chi connectivity index (χ4n) is 1.74. The zero-order valence-corrected chi connectivity index (χ0v) is 17.1. The number of allylic oxidation sites excluding steroid dienone is 2. The molecular formula is C19H27Cl3O2. The van der Waals surface area contributed by atoms with Gasteiger partial charge < -0.3 is 9.47 Å². The van der Waals surface area contributed by atoms with Gasteiger partial charge in [-0.05, 0) is 32.3 Å². The molecule has 0 amide bonds. The van der Waals surface area contributed by atoms with Gasteiger partial charge in [-0.2, -0.15) is 0 Å². The third-order valence-corrected chi connectivity index (χ3v) is 3.73. The molecule has 0 N–H and O–H groups in total. The summed E-state index contributed by atoms with van der Waals surface area (Å²) in [7, 11) is 0. The molecule has 0 bridgehead atoms. The van der Waals surface area contributed by atoms with E-state index in [1.165, 1.54) is 0 Å². The Bertz CT molecular complexity index is 502. The van der Waals surface area contributed by atoms with Crippen LogP contribution >= 0.6 is 34.8 Å². The van der Waals surface area contributed by atoms with Gasteiger partial charge >= 0.3 is 0 Å². The van der Waals surface area contributed by atoms with Crippen LogP contribution in [0.25, 0.3) is 0 Å². The van der Waals surface area contributed by atoms with E-state index in [1.54, 1.807) is 12.1 Å². The number of alkyl halides is 1. The van der Waals surface area contributed by atoms with Crippen molar-refractivity contribution in [2.45, 2.75) is 40.5 Å². The van der Waals surface area contributed by atoms with Gasteiger partial charge in [0.2, 0.25) is 0 Å². The summed E-state index contributed by atoms with van der Waals surface area (Å²) in [6, 6.07) is 3.43. The number of halogens is 3. The molecule has 0 spiro atoms.